The highest BCUT2D eigenvalue weighted by atomic mass is 16.5. The van der Waals surface area contributed by atoms with Gasteiger partial charge in [0.2, 0.25) is 0 Å². The lowest BCUT2D eigenvalue weighted by Gasteiger charge is -2.13. The zero-order valence-electron chi connectivity index (χ0n) is 16.6. The molecule has 2 aromatic carbocycles. The second-order valence-electron chi connectivity index (χ2n) is 6.23. The van der Waals surface area contributed by atoms with Gasteiger partial charge in [-0.3, -0.25) is 0 Å². The van der Waals surface area contributed by atoms with Gasteiger partial charge in [0, 0.05) is 28.4 Å². The summed E-state index contributed by atoms with van der Waals surface area (Å²) < 4.78 is 13.4. The number of ether oxygens (including phenoxy) is 1. The van der Waals surface area contributed by atoms with Crippen LogP contribution in [0.3, 0.4) is 0 Å². The number of nitrogens with zero attached hydrogens (tertiary/aromatic N) is 2. The van der Waals surface area contributed by atoms with Crippen molar-refractivity contribution in [3.63, 3.8) is 0 Å². The fourth-order valence-electron chi connectivity index (χ4n) is 3.21. The molecule has 4 nitrogen and oxygen atoms in total. The quantitative estimate of drug-likeness (QED) is 0.447. The highest BCUT2D eigenvalue weighted by Gasteiger charge is 2.13. The number of hydrogen-bond donors (Lipinski definition) is 0. The van der Waals surface area contributed by atoms with E-state index in [0.717, 1.165) is 45.1 Å². The SMILES string of the molecule is CC.COc1ccccc1Cn1c(C)cnc1-c1ccc2oc(C)cc2c1. The smallest absolute Gasteiger partial charge is 0.140 e. The molecule has 0 aliphatic heterocycles. The number of para-hydroxylation sites is 1. The minimum Gasteiger partial charge on any atom is -0.496 e. The van der Waals surface area contributed by atoms with Gasteiger partial charge >= 0.3 is 0 Å². The Morgan fingerprint density at radius 1 is 1.04 bits per heavy atom. The van der Waals surface area contributed by atoms with Crippen molar-refractivity contribution in [1.82, 2.24) is 9.55 Å². The van der Waals surface area contributed by atoms with E-state index in [4.69, 9.17) is 9.15 Å². The maximum atomic E-state index is 5.68. The number of methoxy groups -OCH3 is 1. The Kier molecular flexibility index (Phi) is 5.65. The van der Waals surface area contributed by atoms with E-state index in [1.165, 1.54) is 0 Å². The van der Waals surface area contributed by atoms with Crippen LogP contribution in [0.15, 0.2) is 59.1 Å². The van der Waals surface area contributed by atoms with Crippen LogP contribution < -0.4 is 4.74 Å². The highest BCUT2D eigenvalue weighted by molar-refractivity contribution is 5.83. The average Bonchev–Trinajstić information content (AvgIpc) is 3.25. The fourth-order valence-corrected chi connectivity index (χ4v) is 3.21. The standard InChI is InChI=1S/C21H20N2O2.C2H6/c1-14-12-22-21(16-8-9-20-18(11-16)10-15(2)25-20)23(14)13-17-6-4-5-7-19(17)24-3;1-2/h4-12H,13H2,1-3H3;1-2H3. The maximum absolute atomic E-state index is 5.68. The van der Waals surface area contributed by atoms with Crippen LogP contribution in [0.1, 0.15) is 30.9 Å². The molecule has 0 bridgehead atoms. The zero-order chi connectivity index (χ0) is 19.4. The molecule has 2 aromatic heterocycles. The zero-order valence-corrected chi connectivity index (χ0v) is 16.6. The molecule has 4 aromatic rings. The number of furan rings is 1. The first-order valence-electron chi connectivity index (χ1n) is 9.30. The Morgan fingerprint density at radius 3 is 2.59 bits per heavy atom. The molecule has 4 heteroatoms. The van der Waals surface area contributed by atoms with Crippen molar-refractivity contribution in [3.8, 4) is 17.1 Å². The molecule has 0 N–H and O–H groups in total. The lowest BCUT2D eigenvalue weighted by atomic mass is 10.1. The van der Waals surface area contributed by atoms with Crippen LogP contribution in [0.25, 0.3) is 22.4 Å². The molecule has 0 spiro atoms. The molecule has 0 unspecified atom stereocenters. The second-order valence-corrected chi connectivity index (χ2v) is 6.23. The van der Waals surface area contributed by atoms with Crippen molar-refractivity contribution in [2.45, 2.75) is 34.2 Å². The largest absolute Gasteiger partial charge is 0.496 e. The van der Waals surface area contributed by atoms with E-state index in [1.807, 2.05) is 51.2 Å². The first kappa shape index (κ1) is 18.8. The molecule has 4 rings (SSSR count). The third-order valence-electron chi connectivity index (χ3n) is 4.47. The molecule has 0 atom stereocenters. The first-order chi connectivity index (χ1) is 13.2. The lowest BCUT2D eigenvalue weighted by Crippen LogP contribution is -2.05. The van der Waals surface area contributed by atoms with E-state index in [1.54, 1.807) is 7.11 Å². The lowest BCUT2D eigenvalue weighted by molar-refractivity contribution is 0.408. The third-order valence-corrected chi connectivity index (χ3v) is 4.47. The molecular formula is C23H26N2O2. The Hall–Kier alpha value is -3.01. The van der Waals surface area contributed by atoms with Crippen LogP contribution in [0, 0.1) is 13.8 Å². The van der Waals surface area contributed by atoms with Gasteiger partial charge in [0.15, 0.2) is 0 Å². The van der Waals surface area contributed by atoms with Crippen molar-refractivity contribution in [2.24, 2.45) is 0 Å². The third kappa shape index (κ3) is 3.75. The molecule has 2 heterocycles. The van der Waals surface area contributed by atoms with Gasteiger partial charge in [-0.25, -0.2) is 4.98 Å². The van der Waals surface area contributed by atoms with E-state index in [2.05, 4.69) is 40.7 Å². The van der Waals surface area contributed by atoms with Gasteiger partial charge in [0.25, 0.3) is 0 Å². The summed E-state index contributed by atoms with van der Waals surface area (Å²) in [5.41, 5.74) is 4.23. The molecule has 0 saturated carbocycles. The molecule has 0 fully saturated rings. The van der Waals surface area contributed by atoms with Crippen molar-refractivity contribution in [1.29, 1.82) is 0 Å². The predicted octanol–water partition coefficient (Wildman–Crippen LogP) is 6.00. The summed E-state index contributed by atoms with van der Waals surface area (Å²) in [7, 11) is 1.70. The van der Waals surface area contributed by atoms with Crippen molar-refractivity contribution < 1.29 is 9.15 Å². The number of benzene rings is 2. The van der Waals surface area contributed by atoms with Gasteiger partial charge in [0.1, 0.15) is 22.9 Å². The van der Waals surface area contributed by atoms with Gasteiger partial charge in [0.05, 0.1) is 13.7 Å². The number of aryl methyl sites for hydroxylation is 2. The number of fused-ring (bicyclic) bond motifs is 1. The molecule has 0 aliphatic carbocycles. The van der Waals surface area contributed by atoms with Gasteiger partial charge in [-0.2, -0.15) is 0 Å². The Bertz CT molecular complexity index is 1040. The molecule has 27 heavy (non-hydrogen) atoms. The molecule has 0 saturated heterocycles. The summed E-state index contributed by atoms with van der Waals surface area (Å²) in [6.07, 6.45) is 1.91. The highest BCUT2D eigenvalue weighted by Crippen LogP contribution is 2.28. The van der Waals surface area contributed by atoms with Crippen LogP contribution >= 0.6 is 0 Å². The molecule has 0 amide bonds. The van der Waals surface area contributed by atoms with Gasteiger partial charge in [-0.15, -0.1) is 0 Å². The van der Waals surface area contributed by atoms with Gasteiger partial charge < -0.3 is 13.7 Å². The summed E-state index contributed by atoms with van der Waals surface area (Å²) >= 11 is 0. The van der Waals surface area contributed by atoms with Crippen LogP contribution in [0.2, 0.25) is 0 Å². The predicted molar refractivity (Wildman–Crippen MR) is 110 cm³/mol. The van der Waals surface area contributed by atoms with Crippen LogP contribution in [0.4, 0.5) is 0 Å². The van der Waals surface area contributed by atoms with Crippen LogP contribution in [-0.4, -0.2) is 16.7 Å². The van der Waals surface area contributed by atoms with E-state index in [-0.39, 0.29) is 0 Å². The monoisotopic (exact) mass is 362 g/mol. The summed E-state index contributed by atoms with van der Waals surface area (Å²) in [4.78, 5) is 4.64. The average molecular weight is 362 g/mol. The molecule has 140 valence electrons. The first-order valence-corrected chi connectivity index (χ1v) is 9.30. The van der Waals surface area contributed by atoms with Crippen LogP contribution in [-0.2, 0) is 6.54 Å². The Labute approximate surface area is 160 Å². The van der Waals surface area contributed by atoms with Gasteiger partial charge in [-0.05, 0) is 44.2 Å². The Morgan fingerprint density at radius 2 is 1.81 bits per heavy atom. The van der Waals surface area contributed by atoms with E-state index >= 15 is 0 Å². The minimum atomic E-state index is 0.716. The van der Waals surface area contributed by atoms with Crippen molar-refractivity contribution in [2.75, 3.05) is 7.11 Å². The number of aromatic nitrogens is 2. The summed E-state index contributed by atoms with van der Waals surface area (Å²) in [6.45, 7) is 8.76. The summed E-state index contributed by atoms with van der Waals surface area (Å²) in [5, 5.41) is 1.10. The van der Waals surface area contributed by atoms with Crippen molar-refractivity contribution in [3.05, 3.63) is 71.7 Å². The normalized spacial score (nSPS) is 10.6. The van der Waals surface area contributed by atoms with E-state index in [0.29, 0.717) is 6.54 Å². The van der Waals surface area contributed by atoms with Crippen LogP contribution in [0.5, 0.6) is 5.75 Å². The van der Waals surface area contributed by atoms with Crippen molar-refractivity contribution >= 4 is 11.0 Å². The molecule has 0 radical (unpaired) electrons. The van der Waals surface area contributed by atoms with Gasteiger partial charge in [-0.1, -0.05) is 32.0 Å². The fraction of sp³-hybridized carbons (Fsp3) is 0.261. The summed E-state index contributed by atoms with van der Waals surface area (Å²) in [6, 6.07) is 16.3. The summed E-state index contributed by atoms with van der Waals surface area (Å²) in [5.74, 6) is 2.76. The molecule has 0 aliphatic rings. The van der Waals surface area contributed by atoms with E-state index in [9.17, 15) is 0 Å². The molecular weight excluding hydrogens is 336 g/mol. The number of hydrogen-bond acceptors (Lipinski definition) is 3. The Balaban J connectivity index is 0.00000102. The number of imidazole rings is 1. The number of rotatable bonds is 4. The second kappa shape index (κ2) is 8.12. The minimum absolute atomic E-state index is 0.716. The maximum Gasteiger partial charge on any atom is 0.140 e. The topological polar surface area (TPSA) is 40.2 Å². The van der Waals surface area contributed by atoms with E-state index < -0.39 is 0 Å².